The number of carbonyl (C=O) groups is 3. The van der Waals surface area contributed by atoms with Crippen LogP contribution < -0.4 is 10.6 Å². The topological polar surface area (TPSA) is 128 Å². The number of carbonyl (C=O) groups excluding carboxylic acids is 3. The molecule has 1 saturated carbocycles. The molecule has 9 heteroatoms. The van der Waals surface area contributed by atoms with Crippen molar-refractivity contribution >= 4 is 17.9 Å². The molecule has 0 saturated heterocycles. The Morgan fingerprint density at radius 1 is 1.13 bits per heavy atom. The summed E-state index contributed by atoms with van der Waals surface area (Å²) < 4.78 is 5.20. The van der Waals surface area contributed by atoms with Crippen LogP contribution >= 0.6 is 0 Å². The number of nitrogens with zero attached hydrogens (tertiary/aromatic N) is 1. The van der Waals surface area contributed by atoms with Gasteiger partial charge < -0.3 is 30.5 Å². The molecule has 1 aromatic carbocycles. The third-order valence-corrected chi connectivity index (χ3v) is 4.53. The van der Waals surface area contributed by atoms with Gasteiger partial charge in [-0.2, -0.15) is 0 Å². The zero-order valence-corrected chi connectivity index (χ0v) is 18.7. The highest BCUT2D eigenvalue weighted by atomic mass is 16.6. The SMILES string of the molecule is CC(C)NC(=O)C(c1ccc(O)cc1)N(C(=O)C(CO)NC(=O)OC(C)(C)C)C1CC1. The van der Waals surface area contributed by atoms with Crippen LogP contribution in [0.15, 0.2) is 24.3 Å². The van der Waals surface area contributed by atoms with Crippen LogP contribution in [0.1, 0.15) is 59.1 Å². The van der Waals surface area contributed by atoms with Gasteiger partial charge in [-0.3, -0.25) is 9.59 Å². The number of phenols is 1. The molecule has 172 valence electrons. The van der Waals surface area contributed by atoms with Crippen molar-refractivity contribution in [2.24, 2.45) is 0 Å². The van der Waals surface area contributed by atoms with Crippen molar-refractivity contribution in [3.05, 3.63) is 29.8 Å². The van der Waals surface area contributed by atoms with Gasteiger partial charge in [-0.05, 0) is 65.2 Å². The van der Waals surface area contributed by atoms with Crippen molar-refractivity contribution < 1.29 is 29.3 Å². The second-order valence-corrected chi connectivity index (χ2v) is 9.02. The first-order valence-corrected chi connectivity index (χ1v) is 10.4. The van der Waals surface area contributed by atoms with E-state index in [1.807, 2.05) is 13.8 Å². The quantitative estimate of drug-likeness (QED) is 0.493. The van der Waals surface area contributed by atoms with E-state index in [1.165, 1.54) is 17.0 Å². The van der Waals surface area contributed by atoms with Gasteiger partial charge in [-0.25, -0.2) is 4.79 Å². The van der Waals surface area contributed by atoms with Gasteiger partial charge in [0, 0.05) is 12.1 Å². The summed E-state index contributed by atoms with van der Waals surface area (Å²) in [7, 11) is 0. The number of aliphatic hydroxyl groups is 1. The van der Waals surface area contributed by atoms with Gasteiger partial charge in [-0.1, -0.05) is 12.1 Å². The van der Waals surface area contributed by atoms with Crippen LogP contribution in [-0.2, 0) is 14.3 Å². The first-order chi connectivity index (χ1) is 14.4. The van der Waals surface area contributed by atoms with E-state index in [-0.39, 0.29) is 23.7 Å². The zero-order chi connectivity index (χ0) is 23.3. The number of benzene rings is 1. The van der Waals surface area contributed by atoms with Crippen molar-refractivity contribution in [3.8, 4) is 5.75 Å². The summed E-state index contributed by atoms with van der Waals surface area (Å²) in [6.07, 6.45) is 0.586. The molecule has 0 radical (unpaired) electrons. The summed E-state index contributed by atoms with van der Waals surface area (Å²) in [5, 5.41) is 24.7. The molecule has 4 N–H and O–H groups in total. The Kier molecular flexibility index (Phi) is 7.89. The number of amides is 3. The minimum atomic E-state index is -1.26. The largest absolute Gasteiger partial charge is 0.508 e. The normalized spacial score (nSPS) is 15.7. The van der Waals surface area contributed by atoms with E-state index in [4.69, 9.17) is 4.74 Å². The lowest BCUT2D eigenvalue weighted by molar-refractivity contribution is -0.144. The lowest BCUT2D eigenvalue weighted by Gasteiger charge is -2.34. The van der Waals surface area contributed by atoms with Crippen LogP contribution in [-0.4, -0.2) is 63.4 Å². The fourth-order valence-corrected chi connectivity index (χ4v) is 3.14. The Morgan fingerprint density at radius 2 is 1.71 bits per heavy atom. The lowest BCUT2D eigenvalue weighted by Crippen LogP contribution is -2.55. The van der Waals surface area contributed by atoms with Gasteiger partial charge in [0.2, 0.25) is 11.8 Å². The summed E-state index contributed by atoms with van der Waals surface area (Å²) in [5.41, 5.74) is -0.250. The monoisotopic (exact) mass is 435 g/mol. The second-order valence-electron chi connectivity index (χ2n) is 9.02. The molecule has 2 unspecified atom stereocenters. The molecule has 2 atom stereocenters. The Hall–Kier alpha value is -2.81. The lowest BCUT2D eigenvalue weighted by atomic mass is 10.0. The highest BCUT2D eigenvalue weighted by Crippen LogP contribution is 2.36. The van der Waals surface area contributed by atoms with Gasteiger partial charge >= 0.3 is 6.09 Å². The van der Waals surface area contributed by atoms with Crippen molar-refractivity contribution in [1.29, 1.82) is 0 Å². The zero-order valence-electron chi connectivity index (χ0n) is 18.7. The second kappa shape index (κ2) is 10.00. The number of ether oxygens (including phenoxy) is 1. The molecular weight excluding hydrogens is 402 g/mol. The number of alkyl carbamates (subject to hydrolysis) is 1. The highest BCUT2D eigenvalue weighted by molar-refractivity contribution is 5.92. The van der Waals surface area contributed by atoms with Crippen molar-refractivity contribution in [1.82, 2.24) is 15.5 Å². The molecule has 0 bridgehead atoms. The number of rotatable bonds is 8. The van der Waals surface area contributed by atoms with E-state index < -0.39 is 36.3 Å². The summed E-state index contributed by atoms with van der Waals surface area (Å²) in [4.78, 5) is 40.1. The fraction of sp³-hybridized carbons (Fsp3) is 0.591. The molecule has 2 rings (SSSR count). The number of nitrogens with one attached hydrogen (secondary N) is 2. The maximum absolute atomic E-state index is 13.4. The third-order valence-electron chi connectivity index (χ3n) is 4.53. The first-order valence-electron chi connectivity index (χ1n) is 10.4. The Bertz CT molecular complexity index is 783. The van der Waals surface area contributed by atoms with Crippen molar-refractivity contribution in [3.63, 3.8) is 0 Å². The fourth-order valence-electron chi connectivity index (χ4n) is 3.14. The number of hydrogen-bond donors (Lipinski definition) is 4. The Balaban J connectivity index is 2.35. The predicted molar refractivity (Wildman–Crippen MR) is 114 cm³/mol. The molecule has 1 aliphatic rings. The van der Waals surface area contributed by atoms with Crippen LogP contribution in [0.5, 0.6) is 5.75 Å². The molecule has 0 spiro atoms. The van der Waals surface area contributed by atoms with E-state index >= 15 is 0 Å². The molecule has 3 amide bonds. The summed E-state index contributed by atoms with van der Waals surface area (Å²) in [5.74, 6) is -0.918. The maximum Gasteiger partial charge on any atom is 0.408 e. The third kappa shape index (κ3) is 7.13. The molecule has 1 aliphatic carbocycles. The molecular formula is C22H33N3O6. The molecule has 0 heterocycles. The van der Waals surface area contributed by atoms with Crippen LogP contribution in [0, 0.1) is 0 Å². The highest BCUT2D eigenvalue weighted by Gasteiger charge is 2.44. The van der Waals surface area contributed by atoms with E-state index in [9.17, 15) is 24.6 Å². The average Bonchev–Trinajstić information content (AvgIpc) is 3.47. The Morgan fingerprint density at radius 3 is 2.16 bits per heavy atom. The minimum absolute atomic E-state index is 0.0379. The van der Waals surface area contributed by atoms with E-state index in [1.54, 1.807) is 32.9 Å². The molecule has 9 nitrogen and oxygen atoms in total. The molecule has 0 aromatic heterocycles. The summed E-state index contributed by atoms with van der Waals surface area (Å²) >= 11 is 0. The maximum atomic E-state index is 13.4. The number of aromatic hydroxyl groups is 1. The summed E-state index contributed by atoms with van der Waals surface area (Å²) in [6.45, 7) is 8.06. The van der Waals surface area contributed by atoms with E-state index in [0.29, 0.717) is 18.4 Å². The Labute approximate surface area is 182 Å². The van der Waals surface area contributed by atoms with E-state index in [0.717, 1.165) is 0 Å². The molecule has 1 aromatic rings. The van der Waals surface area contributed by atoms with Gasteiger partial charge in [0.05, 0.1) is 6.61 Å². The minimum Gasteiger partial charge on any atom is -0.508 e. The molecule has 0 aliphatic heterocycles. The van der Waals surface area contributed by atoms with Crippen LogP contribution in [0.2, 0.25) is 0 Å². The van der Waals surface area contributed by atoms with Crippen LogP contribution in [0.3, 0.4) is 0 Å². The van der Waals surface area contributed by atoms with Crippen LogP contribution in [0.25, 0.3) is 0 Å². The average molecular weight is 436 g/mol. The summed E-state index contributed by atoms with van der Waals surface area (Å²) in [6, 6.07) is 3.47. The predicted octanol–water partition coefficient (Wildman–Crippen LogP) is 1.83. The van der Waals surface area contributed by atoms with Crippen LogP contribution in [0.4, 0.5) is 4.79 Å². The van der Waals surface area contributed by atoms with Crippen molar-refractivity contribution in [2.45, 2.75) is 77.2 Å². The first kappa shape index (κ1) is 24.5. The number of aliphatic hydroxyl groups excluding tert-OH is 1. The van der Waals surface area contributed by atoms with Crippen molar-refractivity contribution in [2.75, 3.05) is 6.61 Å². The smallest absolute Gasteiger partial charge is 0.408 e. The molecule has 1 fully saturated rings. The number of phenolic OH excluding ortho intramolecular Hbond substituents is 1. The van der Waals surface area contributed by atoms with Gasteiger partial charge in [0.15, 0.2) is 0 Å². The van der Waals surface area contributed by atoms with Gasteiger partial charge in [-0.15, -0.1) is 0 Å². The number of hydrogen-bond acceptors (Lipinski definition) is 6. The van der Waals surface area contributed by atoms with Gasteiger partial charge in [0.1, 0.15) is 23.4 Å². The standard InChI is InChI=1S/C22H33N3O6/c1-13(2)23-19(28)18(14-6-10-16(27)11-7-14)25(15-8-9-15)20(29)17(12-26)24-21(30)31-22(3,4)5/h6-7,10-11,13,15,17-18,26-27H,8-9,12H2,1-5H3,(H,23,28)(H,24,30). The molecule has 31 heavy (non-hydrogen) atoms. The van der Waals surface area contributed by atoms with E-state index in [2.05, 4.69) is 10.6 Å². The van der Waals surface area contributed by atoms with Gasteiger partial charge in [0.25, 0.3) is 0 Å².